The largest absolute Gasteiger partial charge is 0.464 e. The second kappa shape index (κ2) is 8.11. The second-order valence-electron chi connectivity index (χ2n) is 7.66. The van der Waals surface area contributed by atoms with Crippen LogP contribution in [0, 0.1) is 6.92 Å². The van der Waals surface area contributed by atoms with Gasteiger partial charge in [0.05, 0.1) is 6.54 Å². The van der Waals surface area contributed by atoms with Crippen LogP contribution in [-0.2, 0) is 28.1 Å². The highest BCUT2D eigenvalue weighted by atomic mass is 16.3. The normalized spacial score (nSPS) is 18.8. The van der Waals surface area contributed by atoms with Gasteiger partial charge in [0.15, 0.2) is 0 Å². The molecule has 1 aliphatic heterocycles. The fourth-order valence-electron chi connectivity index (χ4n) is 3.48. The summed E-state index contributed by atoms with van der Waals surface area (Å²) in [6.45, 7) is 5.56. The Labute approximate surface area is 170 Å². The van der Waals surface area contributed by atoms with E-state index in [0.717, 1.165) is 23.5 Å². The van der Waals surface area contributed by atoms with Crippen LogP contribution < -0.4 is 5.32 Å². The summed E-state index contributed by atoms with van der Waals surface area (Å²) in [5.41, 5.74) is 0.697. The minimum absolute atomic E-state index is 0.270. The molecule has 0 aliphatic carbocycles. The number of imide groups is 1. The van der Waals surface area contributed by atoms with Gasteiger partial charge in [0.2, 0.25) is 5.91 Å². The average Bonchev–Trinajstić information content (AvgIpc) is 3.18. The maximum absolute atomic E-state index is 13.0. The number of carbonyl (C=O) groups is 3. The zero-order valence-electron chi connectivity index (χ0n) is 17.3. The number of nitrogens with one attached hydrogen (secondary N) is 1. The van der Waals surface area contributed by atoms with Crippen LogP contribution >= 0.6 is 0 Å². The van der Waals surface area contributed by atoms with Crippen molar-refractivity contribution in [1.82, 2.24) is 15.1 Å². The van der Waals surface area contributed by atoms with E-state index in [9.17, 15) is 14.4 Å². The highest BCUT2D eigenvalue weighted by Gasteiger charge is 2.49. The van der Waals surface area contributed by atoms with Crippen LogP contribution in [0.25, 0.3) is 0 Å². The Morgan fingerprint density at radius 1 is 1.17 bits per heavy atom. The first kappa shape index (κ1) is 20.6. The molecule has 1 atom stereocenters. The number of carbonyl (C=O) groups excluding carboxylic acids is 3. The smallest absolute Gasteiger partial charge is 0.325 e. The van der Waals surface area contributed by atoms with Crippen LogP contribution in [0.3, 0.4) is 0 Å². The lowest BCUT2D eigenvalue weighted by molar-refractivity contribution is -0.138. The van der Waals surface area contributed by atoms with Crippen molar-refractivity contribution in [2.75, 3.05) is 13.6 Å². The van der Waals surface area contributed by atoms with Crippen molar-refractivity contribution in [3.8, 4) is 0 Å². The quantitative estimate of drug-likeness (QED) is 0.728. The maximum Gasteiger partial charge on any atom is 0.325 e. The van der Waals surface area contributed by atoms with Gasteiger partial charge in [0.25, 0.3) is 5.91 Å². The van der Waals surface area contributed by atoms with Gasteiger partial charge in [-0.15, -0.1) is 0 Å². The molecule has 0 bridgehead atoms. The molecular formula is C22H27N3O4. The lowest BCUT2D eigenvalue weighted by atomic mass is 9.91. The van der Waals surface area contributed by atoms with Gasteiger partial charge >= 0.3 is 6.03 Å². The van der Waals surface area contributed by atoms with E-state index in [4.69, 9.17) is 4.42 Å². The predicted octanol–water partition coefficient (Wildman–Crippen LogP) is 2.97. The highest BCUT2D eigenvalue weighted by molar-refractivity contribution is 6.09. The first-order valence-corrected chi connectivity index (χ1v) is 9.77. The Morgan fingerprint density at radius 3 is 2.45 bits per heavy atom. The van der Waals surface area contributed by atoms with Gasteiger partial charge in [-0.05, 0) is 43.5 Å². The molecular weight excluding hydrogens is 370 g/mol. The second-order valence-corrected chi connectivity index (χ2v) is 7.66. The van der Waals surface area contributed by atoms with Crippen molar-refractivity contribution in [3.63, 3.8) is 0 Å². The fraction of sp³-hybridized carbons (Fsp3) is 0.409. The molecule has 29 heavy (non-hydrogen) atoms. The number of hydrogen-bond acceptors (Lipinski definition) is 4. The number of aryl methyl sites for hydroxylation is 2. The molecule has 4 amide bonds. The van der Waals surface area contributed by atoms with Crippen molar-refractivity contribution in [3.05, 3.63) is 59.0 Å². The van der Waals surface area contributed by atoms with E-state index >= 15 is 0 Å². The molecule has 1 N–H and O–H groups in total. The first-order valence-electron chi connectivity index (χ1n) is 9.77. The van der Waals surface area contributed by atoms with E-state index < -0.39 is 17.5 Å². The monoisotopic (exact) mass is 397 g/mol. The summed E-state index contributed by atoms with van der Waals surface area (Å²) in [5.74, 6) is 0.634. The summed E-state index contributed by atoms with van der Waals surface area (Å²) in [4.78, 5) is 40.5. The predicted molar refractivity (Wildman–Crippen MR) is 108 cm³/mol. The van der Waals surface area contributed by atoms with Crippen molar-refractivity contribution in [2.45, 2.75) is 45.7 Å². The van der Waals surface area contributed by atoms with Crippen LogP contribution in [0.5, 0.6) is 0 Å². The third-order valence-electron chi connectivity index (χ3n) is 5.25. The van der Waals surface area contributed by atoms with Crippen molar-refractivity contribution < 1.29 is 18.8 Å². The SMILES string of the molecule is CCCc1ccc(C2(C)NC(=O)N(CC(=O)N(C)Cc3ccc(C)o3)C2=O)cc1. The molecule has 2 aromatic rings. The highest BCUT2D eigenvalue weighted by Crippen LogP contribution is 2.29. The van der Waals surface area contributed by atoms with Crippen molar-refractivity contribution in [1.29, 1.82) is 0 Å². The number of amides is 4. The maximum atomic E-state index is 13.0. The first-order chi connectivity index (χ1) is 13.7. The summed E-state index contributed by atoms with van der Waals surface area (Å²) in [7, 11) is 1.62. The van der Waals surface area contributed by atoms with Crippen LogP contribution in [0.1, 0.15) is 42.9 Å². The van der Waals surface area contributed by atoms with E-state index in [-0.39, 0.29) is 19.0 Å². The molecule has 2 heterocycles. The number of nitrogens with zero attached hydrogens (tertiary/aromatic N) is 2. The number of benzene rings is 1. The summed E-state index contributed by atoms with van der Waals surface area (Å²) in [6.07, 6.45) is 1.99. The van der Waals surface area contributed by atoms with Crippen LogP contribution in [-0.4, -0.2) is 41.2 Å². The van der Waals surface area contributed by atoms with Gasteiger partial charge in [-0.3, -0.25) is 14.5 Å². The lowest BCUT2D eigenvalue weighted by Crippen LogP contribution is -2.43. The molecule has 1 saturated heterocycles. The number of furan rings is 1. The van der Waals surface area contributed by atoms with E-state index in [2.05, 4.69) is 12.2 Å². The minimum atomic E-state index is -1.18. The minimum Gasteiger partial charge on any atom is -0.464 e. The molecule has 1 unspecified atom stereocenters. The van der Waals surface area contributed by atoms with Gasteiger partial charge in [-0.2, -0.15) is 0 Å². The molecule has 0 spiro atoms. The summed E-state index contributed by atoms with van der Waals surface area (Å²) in [6, 6.07) is 10.7. The molecule has 154 valence electrons. The zero-order valence-corrected chi connectivity index (χ0v) is 17.3. The number of rotatable bonds is 7. The van der Waals surface area contributed by atoms with Gasteiger partial charge in [-0.1, -0.05) is 37.6 Å². The van der Waals surface area contributed by atoms with Gasteiger partial charge < -0.3 is 14.6 Å². The van der Waals surface area contributed by atoms with E-state index in [1.165, 1.54) is 10.5 Å². The van der Waals surface area contributed by atoms with Gasteiger partial charge in [-0.25, -0.2) is 4.79 Å². The third-order valence-corrected chi connectivity index (χ3v) is 5.25. The van der Waals surface area contributed by atoms with E-state index in [0.29, 0.717) is 11.3 Å². The summed E-state index contributed by atoms with van der Waals surface area (Å²) in [5, 5.41) is 2.74. The molecule has 1 fully saturated rings. The van der Waals surface area contributed by atoms with Gasteiger partial charge in [0, 0.05) is 7.05 Å². The Kier molecular flexibility index (Phi) is 5.77. The van der Waals surface area contributed by atoms with Crippen LogP contribution in [0.2, 0.25) is 0 Å². The van der Waals surface area contributed by atoms with Crippen molar-refractivity contribution >= 4 is 17.8 Å². The molecule has 0 radical (unpaired) electrons. The Morgan fingerprint density at radius 2 is 1.86 bits per heavy atom. The molecule has 0 saturated carbocycles. The summed E-state index contributed by atoms with van der Waals surface area (Å²) < 4.78 is 5.48. The third kappa shape index (κ3) is 4.18. The summed E-state index contributed by atoms with van der Waals surface area (Å²) >= 11 is 0. The lowest BCUT2D eigenvalue weighted by Gasteiger charge is -2.23. The average molecular weight is 397 g/mol. The molecule has 7 nitrogen and oxygen atoms in total. The van der Waals surface area contributed by atoms with Crippen LogP contribution in [0.4, 0.5) is 4.79 Å². The van der Waals surface area contributed by atoms with Gasteiger partial charge in [0.1, 0.15) is 23.6 Å². The topological polar surface area (TPSA) is 82.9 Å². The van der Waals surface area contributed by atoms with E-state index in [1.54, 1.807) is 20.0 Å². The van der Waals surface area contributed by atoms with Crippen LogP contribution in [0.15, 0.2) is 40.8 Å². The Bertz CT molecular complexity index is 918. The molecule has 1 aromatic heterocycles. The Balaban J connectivity index is 1.70. The zero-order chi connectivity index (χ0) is 21.2. The number of likely N-dealkylation sites (N-methyl/N-ethyl adjacent to an activating group) is 1. The van der Waals surface area contributed by atoms with E-state index in [1.807, 2.05) is 37.3 Å². The molecule has 7 heteroatoms. The fourth-order valence-corrected chi connectivity index (χ4v) is 3.48. The Hall–Kier alpha value is -3.09. The van der Waals surface area contributed by atoms with Crippen molar-refractivity contribution in [2.24, 2.45) is 0 Å². The number of hydrogen-bond donors (Lipinski definition) is 1. The number of urea groups is 1. The molecule has 1 aromatic carbocycles. The standard InChI is InChI=1S/C22H27N3O4/c1-5-6-16-8-10-17(11-9-16)22(3)20(27)25(21(28)23-22)14-19(26)24(4)13-18-12-7-15(2)29-18/h7-12H,5-6,13-14H2,1-4H3,(H,23,28). The molecule has 1 aliphatic rings. The molecule has 3 rings (SSSR count).